The Morgan fingerprint density at radius 1 is 1.38 bits per heavy atom. The molecule has 8 heteroatoms. The van der Waals surface area contributed by atoms with Crippen molar-refractivity contribution in [3.63, 3.8) is 0 Å². The van der Waals surface area contributed by atoms with Crippen molar-refractivity contribution in [2.45, 2.75) is 37.2 Å². The van der Waals surface area contributed by atoms with E-state index in [0.717, 1.165) is 42.8 Å². The van der Waals surface area contributed by atoms with E-state index in [4.69, 9.17) is 5.73 Å². The first-order valence-corrected chi connectivity index (χ1v) is 9.71. The predicted octanol–water partition coefficient (Wildman–Crippen LogP) is 2.23. The molecule has 1 aromatic heterocycles. The van der Waals surface area contributed by atoms with Crippen LogP contribution in [0.5, 0.6) is 0 Å². The minimum absolute atomic E-state index is 0. The number of likely N-dealkylation sites (tertiary alicyclic amines) is 1. The lowest BCUT2D eigenvalue weighted by molar-refractivity contribution is -0.131. The second-order valence-corrected chi connectivity index (χ2v) is 7.70. The highest BCUT2D eigenvalue weighted by atomic mass is 35.5. The Bertz CT molecular complexity index is 818. The zero-order chi connectivity index (χ0) is 17.8. The fourth-order valence-corrected chi connectivity index (χ4v) is 4.24. The van der Waals surface area contributed by atoms with Crippen LogP contribution >= 0.6 is 24.2 Å². The van der Waals surface area contributed by atoms with Crippen molar-refractivity contribution in [1.29, 1.82) is 0 Å². The summed E-state index contributed by atoms with van der Waals surface area (Å²) in [7, 11) is 0. The van der Waals surface area contributed by atoms with Gasteiger partial charge in [0.05, 0.1) is 16.7 Å². The molecule has 1 aromatic carbocycles. The third kappa shape index (κ3) is 4.78. The second-order valence-electron chi connectivity index (χ2n) is 6.41. The summed E-state index contributed by atoms with van der Waals surface area (Å²) in [4.78, 5) is 33.5. The summed E-state index contributed by atoms with van der Waals surface area (Å²) in [5.74, 6) is 1.56. The van der Waals surface area contributed by atoms with Gasteiger partial charge in [0.15, 0.2) is 0 Å². The number of fused-ring (bicyclic) bond motifs is 1. The van der Waals surface area contributed by atoms with E-state index in [9.17, 15) is 9.59 Å². The van der Waals surface area contributed by atoms with E-state index in [-0.39, 0.29) is 23.9 Å². The van der Waals surface area contributed by atoms with Crippen molar-refractivity contribution in [2.75, 3.05) is 19.6 Å². The largest absolute Gasteiger partial charge is 0.343 e. The van der Waals surface area contributed by atoms with Gasteiger partial charge >= 0.3 is 0 Å². The highest BCUT2D eigenvalue weighted by molar-refractivity contribution is 7.99. The third-order valence-corrected chi connectivity index (χ3v) is 5.98. The number of aromatic amines is 1. The molecule has 1 fully saturated rings. The molecule has 1 amide bonds. The number of carbonyl (C=O) groups is 1. The van der Waals surface area contributed by atoms with E-state index < -0.39 is 0 Å². The van der Waals surface area contributed by atoms with Crippen LogP contribution in [0.2, 0.25) is 0 Å². The van der Waals surface area contributed by atoms with Crippen molar-refractivity contribution in [3.05, 3.63) is 39.9 Å². The summed E-state index contributed by atoms with van der Waals surface area (Å²) in [6.07, 6.45) is 2.37. The third-order valence-electron chi connectivity index (χ3n) is 4.60. The smallest absolute Gasteiger partial charge is 0.258 e. The Morgan fingerprint density at radius 2 is 2.12 bits per heavy atom. The summed E-state index contributed by atoms with van der Waals surface area (Å²) in [6.45, 7) is 3.96. The van der Waals surface area contributed by atoms with E-state index in [1.807, 2.05) is 24.0 Å². The lowest BCUT2D eigenvalue weighted by Gasteiger charge is -2.31. The number of para-hydroxylation sites is 1. The number of thioether (sulfide) groups is 1. The molecule has 26 heavy (non-hydrogen) atoms. The number of aromatic nitrogens is 2. The monoisotopic (exact) mass is 396 g/mol. The number of nitrogens with zero attached hydrogens (tertiary/aromatic N) is 2. The van der Waals surface area contributed by atoms with Gasteiger partial charge in [0, 0.05) is 31.3 Å². The fourth-order valence-electron chi connectivity index (χ4n) is 3.17. The summed E-state index contributed by atoms with van der Waals surface area (Å²) < 4.78 is 0. The summed E-state index contributed by atoms with van der Waals surface area (Å²) in [5.41, 5.74) is 7.17. The van der Waals surface area contributed by atoms with E-state index >= 15 is 0 Å². The Kier molecular flexibility index (Phi) is 7.49. The standard InChI is InChI=1S/C18H24N4O2S.ClH/c1-12-3-2-4-14-17(12)20-15(21-18(14)24)11-25-13-6-9-22(10-7-13)16(23)5-8-19;/h2-4,13H,5-11,19H2,1H3,(H,20,21,24);1H. The number of halogens is 1. The van der Waals surface area contributed by atoms with Crippen LogP contribution in [0.3, 0.4) is 0 Å². The van der Waals surface area contributed by atoms with Crippen molar-refractivity contribution in [1.82, 2.24) is 14.9 Å². The molecule has 1 aliphatic heterocycles. The number of rotatable bonds is 5. The number of carbonyl (C=O) groups excluding carboxylic acids is 1. The number of piperidine rings is 1. The van der Waals surface area contributed by atoms with E-state index in [2.05, 4.69) is 9.97 Å². The number of aryl methyl sites for hydroxylation is 1. The van der Waals surface area contributed by atoms with Crippen molar-refractivity contribution >= 4 is 41.0 Å². The average molecular weight is 397 g/mol. The number of nitrogens with two attached hydrogens (primary N) is 1. The molecule has 1 saturated heterocycles. The predicted molar refractivity (Wildman–Crippen MR) is 109 cm³/mol. The van der Waals surface area contributed by atoms with Gasteiger partial charge < -0.3 is 15.6 Å². The molecule has 0 spiro atoms. The maximum absolute atomic E-state index is 12.2. The minimum atomic E-state index is -0.0773. The van der Waals surface area contributed by atoms with Gasteiger partial charge in [0.2, 0.25) is 5.91 Å². The molecule has 142 valence electrons. The maximum Gasteiger partial charge on any atom is 0.258 e. The molecule has 0 radical (unpaired) electrons. The molecule has 6 nitrogen and oxygen atoms in total. The molecule has 3 N–H and O–H groups in total. The van der Waals surface area contributed by atoms with Gasteiger partial charge in [-0.25, -0.2) is 4.98 Å². The van der Waals surface area contributed by atoms with Crippen LogP contribution in [0.15, 0.2) is 23.0 Å². The molecule has 0 bridgehead atoms. The SMILES string of the molecule is Cc1cccc2c(=O)[nH]c(CSC3CCN(C(=O)CCN)CC3)nc12.Cl. The Balaban J connectivity index is 0.00000243. The van der Waals surface area contributed by atoms with Gasteiger partial charge in [-0.3, -0.25) is 9.59 Å². The minimum Gasteiger partial charge on any atom is -0.343 e. The van der Waals surface area contributed by atoms with E-state index in [1.165, 1.54) is 0 Å². The van der Waals surface area contributed by atoms with Gasteiger partial charge in [0.1, 0.15) is 5.82 Å². The molecule has 2 heterocycles. The number of nitrogens with one attached hydrogen (secondary N) is 1. The molecule has 3 rings (SSSR count). The first-order valence-electron chi connectivity index (χ1n) is 8.66. The molecule has 1 aliphatic rings. The molecule has 0 saturated carbocycles. The first-order chi connectivity index (χ1) is 12.1. The molecular formula is C18H25ClN4O2S. The maximum atomic E-state index is 12.2. The van der Waals surface area contributed by atoms with Crippen molar-refractivity contribution in [3.8, 4) is 0 Å². The highest BCUT2D eigenvalue weighted by Crippen LogP contribution is 2.26. The molecule has 0 unspecified atom stereocenters. The molecule has 2 aromatic rings. The van der Waals surface area contributed by atoms with Gasteiger partial charge in [-0.05, 0) is 31.4 Å². The number of H-pyrrole nitrogens is 1. The number of hydrogen-bond donors (Lipinski definition) is 2. The highest BCUT2D eigenvalue weighted by Gasteiger charge is 2.22. The number of amides is 1. The first kappa shape index (κ1) is 20.7. The summed E-state index contributed by atoms with van der Waals surface area (Å²) in [6, 6.07) is 5.65. The summed E-state index contributed by atoms with van der Waals surface area (Å²) in [5, 5.41) is 1.13. The Morgan fingerprint density at radius 3 is 2.81 bits per heavy atom. The normalized spacial score (nSPS) is 15.1. The van der Waals surface area contributed by atoms with E-state index in [1.54, 1.807) is 17.8 Å². The lowest BCUT2D eigenvalue weighted by Crippen LogP contribution is -2.40. The van der Waals surface area contributed by atoms with Gasteiger partial charge in [-0.1, -0.05) is 12.1 Å². The van der Waals surface area contributed by atoms with Gasteiger partial charge in [-0.15, -0.1) is 12.4 Å². The van der Waals surface area contributed by atoms with Crippen LogP contribution in [0.4, 0.5) is 0 Å². The lowest BCUT2D eigenvalue weighted by atomic mass is 10.1. The van der Waals surface area contributed by atoms with Gasteiger partial charge in [-0.2, -0.15) is 11.8 Å². The quantitative estimate of drug-likeness (QED) is 0.808. The fraction of sp³-hybridized carbons (Fsp3) is 0.500. The molecule has 0 aliphatic carbocycles. The zero-order valence-electron chi connectivity index (χ0n) is 14.9. The van der Waals surface area contributed by atoms with Crippen LogP contribution in [-0.4, -0.2) is 45.7 Å². The number of hydrogen-bond acceptors (Lipinski definition) is 5. The van der Waals surface area contributed by atoms with Crippen LogP contribution in [-0.2, 0) is 10.5 Å². The Hall–Kier alpha value is -1.57. The zero-order valence-corrected chi connectivity index (χ0v) is 16.5. The van der Waals surface area contributed by atoms with Crippen molar-refractivity contribution in [2.24, 2.45) is 5.73 Å². The van der Waals surface area contributed by atoms with Crippen LogP contribution < -0.4 is 11.3 Å². The Labute approximate surface area is 163 Å². The van der Waals surface area contributed by atoms with E-state index in [0.29, 0.717) is 29.4 Å². The molecule has 0 atom stereocenters. The van der Waals surface area contributed by atoms with Crippen molar-refractivity contribution < 1.29 is 4.79 Å². The average Bonchev–Trinajstić information content (AvgIpc) is 2.61. The summed E-state index contributed by atoms with van der Waals surface area (Å²) >= 11 is 1.81. The number of benzene rings is 1. The molecular weight excluding hydrogens is 372 g/mol. The van der Waals surface area contributed by atoms with Crippen LogP contribution in [0.1, 0.15) is 30.7 Å². The second kappa shape index (κ2) is 9.39. The van der Waals surface area contributed by atoms with Gasteiger partial charge in [0.25, 0.3) is 5.56 Å². The van der Waals surface area contributed by atoms with Crippen LogP contribution in [0.25, 0.3) is 10.9 Å². The topological polar surface area (TPSA) is 92.1 Å². The van der Waals surface area contributed by atoms with Crippen LogP contribution in [0, 0.1) is 6.92 Å².